The van der Waals surface area contributed by atoms with Gasteiger partial charge in [-0.2, -0.15) is 0 Å². The summed E-state index contributed by atoms with van der Waals surface area (Å²) in [7, 11) is 0. The number of anilines is 1. The van der Waals surface area contributed by atoms with Gasteiger partial charge in [-0.1, -0.05) is 13.8 Å². The van der Waals surface area contributed by atoms with Gasteiger partial charge in [-0.05, 0) is 31.7 Å². The minimum absolute atomic E-state index is 0.0189. The number of nitro groups is 1. The second-order valence-corrected chi connectivity index (χ2v) is 4.68. The van der Waals surface area contributed by atoms with Crippen LogP contribution < -0.4 is 5.32 Å². The number of nitrogens with one attached hydrogen (secondary N) is 1. The molecule has 0 spiro atoms. The summed E-state index contributed by atoms with van der Waals surface area (Å²) in [5, 5.41) is 13.7. The summed E-state index contributed by atoms with van der Waals surface area (Å²) in [6.07, 6.45) is 3.50. The van der Waals surface area contributed by atoms with Crippen molar-refractivity contribution >= 4 is 11.5 Å². The van der Waals surface area contributed by atoms with E-state index in [4.69, 9.17) is 0 Å². The molecule has 17 heavy (non-hydrogen) atoms. The van der Waals surface area contributed by atoms with Crippen LogP contribution in [0.1, 0.15) is 33.6 Å². The van der Waals surface area contributed by atoms with Crippen molar-refractivity contribution in [3.8, 4) is 0 Å². The van der Waals surface area contributed by atoms with Crippen molar-refractivity contribution in [2.24, 2.45) is 5.92 Å². The van der Waals surface area contributed by atoms with Crippen LogP contribution in [-0.4, -0.2) is 15.9 Å². The van der Waals surface area contributed by atoms with E-state index in [0.29, 0.717) is 17.8 Å². The molecule has 1 unspecified atom stereocenters. The first-order valence-corrected chi connectivity index (χ1v) is 5.86. The SMILES string of the molecule is CC(C)CCC(C)Nc1ccc([N+](=O)[O-])cn1. The van der Waals surface area contributed by atoms with Gasteiger partial charge in [-0.3, -0.25) is 10.1 Å². The third kappa shape index (κ3) is 4.80. The van der Waals surface area contributed by atoms with E-state index < -0.39 is 4.92 Å². The predicted molar refractivity (Wildman–Crippen MR) is 68.0 cm³/mol. The molecule has 0 aliphatic carbocycles. The predicted octanol–water partition coefficient (Wildman–Crippen LogP) is 3.23. The van der Waals surface area contributed by atoms with Crippen molar-refractivity contribution in [2.75, 3.05) is 5.32 Å². The number of nitrogens with zero attached hydrogens (tertiary/aromatic N) is 2. The summed E-state index contributed by atoms with van der Waals surface area (Å²) >= 11 is 0. The van der Waals surface area contributed by atoms with Crippen LogP contribution in [0.2, 0.25) is 0 Å². The second-order valence-electron chi connectivity index (χ2n) is 4.68. The van der Waals surface area contributed by atoms with E-state index in [-0.39, 0.29) is 5.69 Å². The molecule has 94 valence electrons. The number of pyridine rings is 1. The topological polar surface area (TPSA) is 68.1 Å². The van der Waals surface area contributed by atoms with Gasteiger partial charge in [0.2, 0.25) is 0 Å². The maximum Gasteiger partial charge on any atom is 0.287 e. The number of hydrogen-bond acceptors (Lipinski definition) is 4. The van der Waals surface area contributed by atoms with E-state index in [1.54, 1.807) is 6.07 Å². The highest BCUT2D eigenvalue weighted by molar-refractivity contribution is 5.40. The van der Waals surface area contributed by atoms with E-state index in [9.17, 15) is 10.1 Å². The normalized spacial score (nSPS) is 12.5. The summed E-state index contributed by atoms with van der Waals surface area (Å²) in [5.41, 5.74) is 0.0189. The molecule has 0 saturated heterocycles. The second kappa shape index (κ2) is 6.18. The molecule has 1 rings (SSSR count). The van der Waals surface area contributed by atoms with Crippen LogP contribution in [0.5, 0.6) is 0 Å². The number of rotatable bonds is 6. The molecule has 0 fully saturated rings. The first-order valence-electron chi connectivity index (χ1n) is 5.86. The highest BCUT2D eigenvalue weighted by Crippen LogP contribution is 2.14. The van der Waals surface area contributed by atoms with E-state index in [1.807, 2.05) is 0 Å². The summed E-state index contributed by atoms with van der Waals surface area (Å²) in [6, 6.07) is 3.43. The molecular formula is C12H19N3O2. The molecule has 1 N–H and O–H groups in total. The molecular weight excluding hydrogens is 218 g/mol. The Morgan fingerprint density at radius 1 is 1.35 bits per heavy atom. The van der Waals surface area contributed by atoms with Crippen molar-refractivity contribution in [2.45, 2.75) is 39.7 Å². The van der Waals surface area contributed by atoms with Crippen molar-refractivity contribution in [1.82, 2.24) is 4.98 Å². The van der Waals surface area contributed by atoms with Gasteiger partial charge in [0.15, 0.2) is 0 Å². The van der Waals surface area contributed by atoms with E-state index in [0.717, 1.165) is 12.8 Å². The molecule has 0 aromatic carbocycles. The Balaban J connectivity index is 2.48. The Kier molecular flexibility index (Phi) is 4.87. The maximum atomic E-state index is 10.5. The maximum absolute atomic E-state index is 10.5. The van der Waals surface area contributed by atoms with E-state index in [1.165, 1.54) is 12.3 Å². The summed E-state index contributed by atoms with van der Waals surface area (Å²) in [5.74, 6) is 1.37. The third-order valence-corrected chi connectivity index (χ3v) is 2.53. The number of aromatic nitrogens is 1. The lowest BCUT2D eigenvalue weighted by Gasteiger charge is -2.15. The average molecular weight is 237 g/mol. The lowest BCUT2D eigenvalue weighted by Crippen LogP contribution is -2.16. The van der Waals surface area contributed by atoms with Gasteiger partial charge in [0.05, 0.1) is 4.92 Å². The fourth-order valence-corrected chi connectivity index (χ4v) is 1.49. The molecule has 0 aliphatic heterocycles. The van der Waals surface area contributed by atoms with Gasteiger partial charge in [0.25, 0.3) is 5.69 Å². The van der Waals surface area contributed by atoms with Crippen molar-refractivity contribution in [1.29, 1.82) is 0 Å². The van der Waals surface area contributed by atoms with Crippen LogP contribution in [-0.2, 0) is 0 Å². The zero-order valence-corrected chi connectivity index (χ0v) is 10.5. The van der Waals surface area contributed by atoms with Crippen LogP contribution >= 0.6 is 0 Å². The van der Waals surface area contributed by atoms with Crippen LogP contribution in [0.15, 0.2) is 18.3 Å². The molecule has 1 aromatic rings. The molecule has 1 heterocycles. The van der Waals surface area contributed by atoms with Crippen LogP contribution in [0, 0.1) is 16.0 Å². The summed E-state index contributed by atoms with van der Waals surface area (Å²) in [4.78, 5) is 14.0. The molecule has 0 bridgehead atoms. The quantitative estimate of drug-likeness (QED) is 0.609. The number of hydrogen-bond donors (Lipinski definition) is 1. The van der Waals surface area contributed by atoms with Crippen LogP contribution in [0.3, 0.4) is 0 Å². The zero-order chi connectivity index (χ0) is 12.8. The highest BCUT2D eigenvalue weighted by atomic mass is 16.6. The smallest absolute Gasteiger partial charge is 0.287 e. The Labute approximate surface area is 101 Å². The molecule has 0 saturated carbocycles. The lowest BCUT2D eigenvalue weighted by atomic mass is 10.0. The minimum atomic E-state index is -0.445. The molecule has 0 aliphatic rings. The Hall–Kier alpha value is -1.65. The Morgan fingerprint density at radius 3 is 2.53 bits per heavy atom. The summed E-state index contributed by atoms with van der Waals surface area (Å²) in [6.45, 7) is 6.47. The lowest BCUT2D eigenvalue weighted by molar-refractivity contribution is -0.385. The monoisotopic (exact) mass is 237 g/mol. The molecule has 0 amide bonds. The molecule has 1 aromatic heterocycles. The third-order valence-electron chi connectivity index (χ3n) is 2.53. The van der Waals surface area contributed by atoms with Gasteiger partial charge < -0.3 is 5.32 Å². The van der Waals surface area contributed by atoms with Crippen molar-refractivity contribution in [3.05, 3.63) is 28.4 Å². The fourth-order valence-electron chi connectivity index (χ4n) is 1.49. The molecule has 5 nitrogen and oxygen atoms in total. The molecule has 5 heteroatoms. The first-order chi connectivity index (χ1) is 7.99. The minimum Gasteiger partial charge on any atom is -0.368 e. The standard InChI is InChI=1S/C12H19N3O2/c1-9(2)4-5-10(3)14-12-7-6-11(8-13-12)15(16)17/h6-10H,4-5H2,1-3H3,(H,13,14). The van der Waals surface area contributed by atoms with Gasteiger partial charge in [-0.25, -0.2) is 4.98 Å². The van der Waals surface area contributed by atoms with Crippen LogP contribution in [0.25, 0.3) is 0 Å². The van der Waals surface area contributed by atoms with Crippen molar-refractivity contribution < 1.29 is 4.92 Å². The average Bonchev–Trinajstić information content (AvgIpc) is 2.27. The van der Waals surface area contributed by atoms with Crippen LogP contribution in [0.4, 0.5) is 11.5 Å². The van der Waals surface area contributed by atoms with Gasteiger partial charge in [0.1, 0.15) is 12.0 Å². The Morgan fingerprint density at radius 2 is 2.06 bits per heavy atom. The van der Waals surface area contributed by atoms with Gasteiger partial charge >= 0.3 is 0 Å². The van der Waals surface area contributed by atoms with E-state index >= 15 is 0 Å². The zero-order valence-electron chi connectivity index (χ0n) is 10.5. The first kappa shape index (κ1) is 13.4. The molecule has 0 radical (unpaired) electrons. The largest absolute Gasteiger partial charge is 0.368 e. The highest BCUT2D eigenvalue weighted by Gasteiger charge is 2.07. The summed E-state index contributed by atoms with van der Waals surface area (Å²) < 4.78 is 0. The fraction of sp³-hybridized carbons (Fsp3) is 0.583. The van der Waals surface area contributed by atoms with Gasteiger partial charge in [-0.15, -0.1) is 0 Å². The van der Waals surface area contributed by atoms with Crippen molar-refractivity contribution in [3.63, 3.8) is 0 Å². The van der Waals surface area contributed by atoms with Gasteiger partial charge in [0, 0.05) is 12.1 Å². The molecule has 1 atom stereocenters. The van der Waals surface area contributed by atoms with E-state index in [2.05, 4.69) is 31.1 Å². The Bertz CT molecular complexity index is 363.